The van der Waals surface area contributed by atoms with Crippen molar-refractivity contribution in [3.63, 3.8) is 0 Å². The van der Waals surface area contributed by atoms with Crippen LogP contribution in [0.5, 0.6) is 0 Å². The summed E-state index contributed by atoms with van der Waals surface area (Å²) in [5.41, 5.74) is 6.11. The molecule has 0 aliphatic heterocycles. The Morgan fingerprint density at radius 3 is 2.25 bits per heavy atom. The molecule has 0 radical (unpaired) electrons. The molecule has 0 amide bonds. The minimum Gasteiger partial charge on any atom is -0.409 e. The molecule has 0 aromatic heterocycles. The highest BCUT2D eigenvalue weighted by Crippen LogP contribution is 1.85. The lowest BCUT2D eigenvalue weighted by molar-refractivity contribution is 0.319. The molecule has 0 heterocycles. The zero-order valence-corrected chi connectivity index (χ0v) is 5.05. The average molecular weight is 114 g/mol. The van der Waals surface area contributed by atoms with E-state index in [1.165, 1.54) is 0 Å². The summed E-state index contributed by atoms with van der Waals surface area (Å²) in [4.78, 5) is 0. The third kappa shape index (κ3) is 3.21. The smallest absolute Gasteiger partial charge is 0.162 e. The van der Waals surface area contributed by atoms with Crippen LogP contribution in [0.15, 0.2) is 16.8 Å². The number of hydrogen-bond donors (Lipinski definition) is 2. The van der Waals surface area contributed by atoms with Crippen LogP contribution >= 0.6 is 0 Å². The van der Waals surface area contributed by atoms with Gasteiger partial charge in [-0.2, -0.15) is 0 Å². The Labute approximate surface area is 48.5 Å². The van der Waals surface area contributed by atoms with E-state index in [9.17, 15) is 0 Å². The lowest BCUT2D eigenvalue weighted by Crippen LogP contribution is -2.07. The molecule has 0 rings (SSSR count). The molecular formula is C5H10N2O. The largest absolute Gasteiger partial charge is 0.409 e. The van der Waals surface area contributed by atoms with E-state index in [1.54, 1.807) is 6.08 Å². The van der Waals surface area contributed by atoms with Crippen LogP contribution in [0.25, 0.3) is 0 Å². The molecule has 0 aromatic rings. The lowest BCUT2D eigenvalue weighted by Gasteiger charge is -1.86. The summed E-state index contributed by atoms with van der Waals surface area (Å²) in [5.74, 6) is 0.144. The van der Waals surface area contributed by atoms with Crippen molar-refractivity contribution < 1.29 is 5.21 Å². The van der Waals surface area contributed by atoms with E-state index in [1.807, 2.05) is 13.8 Å². The lowest BCUT2D eigenvalue weighted by atomic mass is 10.3. The van der Waals surface area contributed by atoms with E-state index < -0.39 is 0 Å². The second-order valence-electron chi connectivity index (χ2n) is 1.75. The van der Waals surface area contributed by atoms with Crippen LogP contribution in [-0.4, -0.2) is 11.0 Å². The molecule has 0 spiro atoms. The Morgan fingerprint density at radius 2 is 2.12 bits per heavy atom. The van der Waals surface area contributed by atoms with Gasteiger partial charge in [-0.15, -0.1) is 0 Å². The van der Waals surface area contributed by atoms with Gasteiger partial charge >= 0.3 is 0 Å². The summed E-state index contributed by atoms with van der Waals surface area (Å²) in [6, 6.07) is 0. The normalized spacial score (nSPS) is 11.0. The fraction of sp³-hybridized carbons (Fsp3) is 0.400. The van der Waals surface area contributed by atoms with Crippen molar-refractivity contribution in [3.8, 4) is 0 Å². The fourth-order valence-electron chi connectivity index (χ4n) is 0.325. The summed E-state index contributed by atoms with van der Waals surface area (Å²) in [6.07, 6.45) is 1.58. The molecule has 3 heteroatoms. The van der Waals surface area contributed by atoms with Gasteiger partial charge in [-0.25, -0.2) is 0 Å². The minimum atomic E-state index is 0.144. The maximum Gasteiger partial charge on any atom is 0.162 e. The molecule has 0 aliphatic carbocycles. The number of nitrogens with two attached hydrogens (primary N) is 1. The number of rotatable bonds is 1. The van der Waals surface area contributed by atoms with Gasteiger partial charge in [0.2, 0.25) is 0 Å². The van der Waals surface area contributed by atoms with Gasteiger partial charge in [-0.1, -0.05) is 10.7 Å². The van der Waals surface area contributed by atoms with Crippen molar-refractivity contribution in [2.45, 2.75) is 13.8 Å². The number of nitrogens with zero attached hydrogens (tertiary/aromatic N) is 1. The van der Waals surface area contributed by atoms with Crippen molar-refractivity contribution in [2.75, 3.05) is 0 Å². The second-order valence-corrected chi connectivity index (χ2v) is 1.75. The maximum absolute atomic E-state index is 8.00. The number of amidine groups is 1. The Morgan fingerprint density at radius 1 is 1.62 bits per heavy atom. The summed E-state index contributed by atoms with van der Waals surface area (Å²) >= 11 is 0. The Hall–Kier alpha value is -0.990. The molecular weight excluding hydrogens is 104 g/mol. The molecule has 0 aromatic carbocycles. The van der Waals surface area contributed by atoms with Crippen molar-refractivity contribution in [1.29, 1.82) is 0 Å². The van der Waals surface area contributed by atoms with Crippen molar-refractivity contribution >= 4 is 5.84 Å². The van der Waals surface area contributed by atoms with E-state index in [0.29, 0.717) is 0 Å². The van der Waals surface area contributed by atoms with Gasteiger partial charge in [0.05, 0.1) is 0 Å². The highest BCUT2D eigenvalue weighted by Gasteiger charge is 1.81. The van der Waals surface area contributed by atoms with Gasteiger partial charge in [0.25, 0.3) is 0 Å². The fourth-order valence-corrected chi connectivity index (χ4v) is 0.325. The summed E-state index contributed by atoms with van der Waals surface area (Å²) in [5, 5.41) is 10.7. The van der Waals surface area contributed by atoms with Crippen molar-refractivity contribution in [1.82, 2.24) is 0 Å². The number of allylic oxidation sites excluding steroid dienone is 1. The molecule has 8 heavy (non-hydrogen) atoms. The molecule has 0 saturated heterocycles. The van der Waals surface area contributed by atoms with Gasteiger partial charge in [0, 0.05) is 0 Å². The topological polar surface area (TPSA) is 58.6 Å². The summed E-state index contributed by atoms with van der Waals surface area (Å²) < 4.78 is 0. The monoisotopic (exact) mass is 114 g/mol. The van der Waals surface area contributed by atoms with E-state index in [-0.39, 0.29) is 5.84 Å². The number of oxime groups is 1. The zero-order chi connectivity index (χ0) is 6.57. The highest BCUT2D eigenvalue weighted by atomic mass is 16.4. The van der Waals surface area contributed by atoms with Crippen LogP contribution in [-0.2, 0) is 0 Å². The van der Waals surface area contributed by atoms with Gasteiger partial charge in [-0.3, -0.25) is 0 Å². The Bertz CT molecular complexity index is 122. The molecule has 0 atom stereocenters. The SMILES string of the molecule is CC(C)=C/C(N)=N\O. The first-order valence-electron chi connectivity index (χ1n) is 2.29. The predicted molar refractivity (Wildman–Crippen MR) is 32.8 cm³/mol. The summed E-state index contributed by atoms with van der Waals surface area (Å²) in [6.45, 7) is 3.75. The standard InChI is InChI=1S/C5H10N2O/c1-4(2)3-5(6)7-8/h3,8H,1-2H3,(H2,6,7). The molecule has 0 bridgehead atoms. The van der Waals surface area contributed by atoms with E-state index in [0.717, 1.165) is 5.57 Å². The van der Waals surface area contributed by atoms with Crippen LogP contribution < -0.4 is 5.73 Å². The van der Waals surface area contributed by atoms with Crippen molar-refractivity contribution in [2.24, 2.45) is 10.9 Å². The molecule has 0 aliphatic rings. The van der Waals surface area contributed by atoms with Crippen LogP contribution in [0.2, 0.25) is 0 Å². The van der Waals surface area contributed by atoms with Gasteiger partial charge in [0.15, 0.2) is 5.84 Å². The molecule has 0 unspecified atom stereocenters. The summed E-state index contributed by atoms with van der Waals surface area (Å²) in [7, 11) is 0. The maximum atomic E-state index is 8.00. The minimum absolute atomic E-state index is 0.144. The average Bonchev–Trinajstić information content (AvgIpc) is 1.65. The van der Waals surface area contributed by atoms with Crippen LogP contribution in [0, 0.1) is 0 Å². The first kappa shape index (κ1) is 7.01. The molecule has 46 valence electrons. The molecule has 3 nitrogen and oxygen atoms in total. The second kappa shape index (κ2) is 3.07. The van der Waals surface area contributed by atoms with Crippen LogP contribution in [0.3, 0.4) is 0 Å². The first-order chi connectivity index (χ1) is 3.66. The molecule has 0 fully saturated rings. The van der Waals surface area contributed by atoms with E-state index in [4.69, 9.17) is 10.9 Å². The third-order valence-corrected chi connectivity index (χ3v) is 0.552. The zero-order valence-electron chi connectivity index (χ0n) is 5.05. The molecule has 3 N–H and O–H groups in total. The Kier molecular flexibility index (Phi) is 2.69. The van der Waals surface area contributed by atoms with Crippen LogP contribution in [0.1, 0.15) is 13.8 Å². The van der Waals surface area contributed by atoms with E-state index >= 15 is 0 Å². The first-order valence-corrected chi connectivity index (χ1v) is 2.29. The quantitative estimate of drug-likeness (QED) is 0.228. The van der Waals surface area contributed by atoms with Crippen LogP contribution in [0.4, 0.5) is 0 Å². The van der Waals surface area contributed by atoms with Gasteiger partial charge in [-0.05, 0) is 19.9 Å². The highest BCUT2D eigenvalue weighted by molar-refractivity contribution is 5.91. The number of hydrogen-bond acceptors (Lipinski definition) is 2. The van der Waals surface area contributed by atoms with Gasteiger partial charge < -0.3 is 10.9 Å². The third-order valence-electron chi connectivity index (χ3n) is 0.552. The van der Waals surface area contributed by atoms with E-state index in [2.05, 4.69) is 5.16 Å². The predicted octanol–water partition coefficient (Wildman–Crippen LogP) is 0.699. The van der Waals surface area contributed by atoms with Gasteiger partial charge in [0.1, 0.15) is 0 Å². The van der Waals surface area contributed by atoms with Crippen molar-refractivity contribution in [3.05, 3.63) is 11.6 Å². The molecule has 0 saturated carbocycles. The Balaban J connectivity index is 3.89.